The molecule has 0 radical (unpaired) electrons. The van der Waals surface area contributed by atoms with Crippen LogP contribution in [-0.4, -0.2) is 28.1 Å². The Bertz CT molecular complexity index is 481. The molecule has 102 valence electrons. The van der Waals surface area contributed by atoms with E-state index in [-0.39, 0.29) is 11.5 Å². The van der Waals surface area contributed by atoms with Crippen LogP contribution in [0.5, 0.6) is 0 Å². The zero-order valence-corrected chi connectivity index (χ0v) is 11.2. The Hall–Kier alpha value is -1.65. The van der Waals surface area contributed by atoms with Gasteiger partial charge >= 0.3 is 5.97 Å². The van der Waals surface area contributed by atoms with Gasteiger partial charge in [0.1, 0.15) is 0 Å². The van der Waals surface area contributed by atoms with Gasteiger partial charge in [-0.2, -0.15) is 0 Å². The third-order valence-corrected chi connectivity index (χ3v) is 3.75. The van der Waals surface area contributed by atoms with E-state index in [1.165, 1.54) is 32.1 Å². The van der Waals surface area contributed by atoms with Crippen molar-refractivity contribution in [1.29, 1.82) is 0 Å². The molecule has 3 rings (SSSR count). The molecule has 2 aliphatic carbocycles. The van der Waals surface area contributed by atoms with Crippen molar-refractivity contribution in [3.8, 4) is 0 Å². The highest BCUT2D eigenvalue weighted by Crippen LogP contribution is 2.49. The summed E-state index contributed by atoms with van der Waals surface area (Å²) >= 11 is 0. The summed E-state index contributed by atoms with van der Waals surface area (Å²) in [6.45, 7) is 2.14. The molecular formula is C14H19N3O2. The lowest BCUT2D eigenvalue weighted by molar-refractivity contribution is 0.0519. The van der Waals surface area contributed by atoms with Crippen molar-refractivity contribution in [1.82, 2.24) is 9.97 Å². The minimum absolute atomic E-state index is 0.189. The maximum atomic E-state index is 11.6. The monoisotopic (exact) mass is 261 g/mol. The lowest BCUT2D eigenvalue weighted by Crippen LogP contribution is -2.24. The highest BCUT2D eigenvalue weighted by molar-refractivity contribution is 5.87. The number of carbonyl (C=O) groups is 1. The van der Waals surface area contributed by atoms with E-state index in [1.54, 1.807) is 19.2 Å². The van der Waals surface area contributed by atoms with Gasteiger partial charge in [0.25, 0.3) is 0 Å². The van der Waals surface area contributed by atoms with Crippen molar-refractivity contribution in [2.75, 3.05) is 11.9 Å². The van der Waals surface area contributed by atoms with E-state index >= 15 is 0 Å². The maximum Gasteiger partial charge on any atom is 0.357 e. The second-order valence-corrected chi connectivity index (χ2v) is 5.54. The van der Waals surface area contributed by atoms with Gasteiger partial charge in [-0.3, -0.25) is 0 Å². The summed E-state index contributed by atoms with van der Waals surface area (Å²) in [5, 5.41) is 3.41. The van der Waals surface area contributed by atoms with Crippen LogP contribution < -0.4 is 5.32 Å². The van der Waals surface area contributed by atoms with E-state index in [0.717, 1.165) is 5.92 Å². The van der Waals surface area contributed by atoms with Gasteiger partial charge < -0.3 is 10.1 Å². The van der Waals surface area contributed by atoms with E-state index in [9.17, 15) is 4.79 Å². The predicted molar refractivity (Wildman–Crippen MR) is 70.9 cm³/mol. The molecule has 1 heterocycles. The highest BCUT2D eigenvalue weighted by Gasteiger charge is 2.46. The average molecular weight is 261 g/mol. The Morgan fingerprint density at radius 3 is 2.95 bits per heavy atom. The molecule has 2 saturated carbocycles. The standard InChI is InChI=1S/C14H19N3O2/c1-2-19-12(18)11-5-8-15-13(16-11)17-14(6-7-14)9-10-3-4-10/h5,8,10H,2-4,6-7,9H2,1H3,(H,15,16,17). The fourth-order valence-electron chi connectivity index (χ4n) is 2.38. The molecule has 2 aliphatic rings. The third kappa shape index (κ3) is 3.03. The number of esters is 1. The summed E-state index contributed by atoms with van der Waals surface area (Å²) in [7, 11) is 0. The Morgan fingerprint density at radius 2 is 2.32 bits per heavy atom. The molecule has 0 aromatic carbocycles. The molecule has 5 heteroatoms. The van der Waals surface area contributed by atoms with Crippen LogP contribution in [-0.2, 0) is 4.74 Å². The molecule has 1 aromatic rings. The highest BCUT2D eigenvalue weighted by atomic mass is 16.5. The van der Waals surface area contributed by atoms with Gasteiger partial charge in [0.15, 0.2) is 5.69 Å². The summed E-state index contributed by atoms with van der Waals surface area (Å²) < 4.78 is 4.95. The number of aromatic nitrogens is 2. The van der Waals surface area contributed by atoms with Gasteiger partial charge in [-0.05, 0) is 38.2 Å². The number of carbonyl (C=O) groups excluding carboxylic acids is 1. The molecule has 5 nitrogen and oxygen atoms in total. The van der Waals surface area contributed by atoms with E-state index in [1.807, 2.05) is 0 Å². The molecule has 0 bridgehead atoms. The van der Waals surface area contributed by atoms with Crippen molar-refractivity contribution in [2.24, 2.45) is 5.92 Å². The lowest BCUT2D eigenvalue weighted by Gasteiger charge is -2.17. The largest absolute Gasteiger partial charge is 0.461 e. The van der Waals surface area contributed by atoms with Crippen LogP contribution in [0.4, 0.5) is 5.95 Å². The van der Waals surface area contributed by atoms with E-state index < -0.39 is 0 Å². The molecule has 0 atom stereocenters. The normalized spacial score (nSPS) is 19.8. The van der Waals surface area contributed by atoms with Crippen molar-refractivity contribution < 1.29 is 9.53 Å². The number of ether oxygens (including phenoxy) is 1. The SMILES string of the molecule is CCOC(=O)c1ccnc(NC2(CC3CC3)CC2)n1. The second-order valence-electron chi connectivity index (χ2n) is 5.54. The average Bonchev–Trinajstić information content (AvgIpc) is 3.31. The Balaban J connectivity index is 1.67. The summed E-state index contributed by atoms with van der Waals surface area (Å²) in [6.07, 6.45) is 7.88. The van der Waals surface area contributed by atoms with Crippen LogP contribution in [0.3, 0.4) is 0 Å². The summed E-state index contributed by atoms with van der Waals surface area (Å²) in [5.74, 6) is 1.03. The smallest absolute Gasteiger partial charge is 0.357 e. The van der Waals surface area contributed by atoms with Gasteiger partial charge in [-0.1, -0.05) is 12.8 Å². The Kier molecular flexibility index (Phi) is 3.12. The number of rotatable bonds is 6. The fraction of sp³-hybridized carbons (Fsp3) is 0.643. The summed E-state index contributed by atoms with van der Waals surface area (Å²) in [6, 6.07) is 1.59. The number of nitrogens with zero attached hydrogens (tertiary/aromatic N) is 2. The molecule has 0 amide bonds. The van der Waals surface area contributed by atoms with Crippen molar-refractivity contribution in [3.05, 3.63) is 18.0 Å². The topological polar surface area (TPSA) is 64.1 Å². The molecule has 19 heavy (non-hydrogen) atoms. The first kappa shape index (κ1) is 12.4. The molecule has 0 unspecified atom stereocenters. The van der Waals surface area contributed by atoms with Crippen LogP contribution in [0.15, 0.2) is 12.3 Å². The van der Waals surface area contributed by atoms with Gasteiger partial charge in [0.2, 0.25) is 5.95 Å². The first-order valence-electron chi connectivity index (χ1n) is 6.99. The van der Waals surface area contributed by atoms with Crippen molar-refractivity contribution in [3.63, 3.8) is 0 Å². The Morgan fingerprint density at radius 1 is 1.53 bits per heavy atom. The first-order chi connectivity index (χ1) is 9.21. The molecule has 0 spiro atoms. The molecule has 0 saturated heterocycles. The van der Waals surface area contributed by atoms with Crippen LogP contribution in [0.25, 0.3) is 0 Å². The molecule has 0 aliphatic heterocycles. The van der Waals surface area contributed by atoms with Crippen molar-refractivity contribution >= 4 is 11.9 Å². The zero-order valence-electron chi connectivity index (χ0n) is 11.2. The summed E-state index contributed by atoms with van der Waals surface area (Å²) in [5.41, 5.74) is 0.510. The maximum absolute atomic E-state index is 11.6. The molecule has 1 N–H and O–H groups in total. The van der Waals surface area contributed by atoms with Gasteiger partial charge in [-0.15, -0.1) is 0 Å². The zero-order chi connectivity index (χ0) is 13.3. The third-order valence-electron chi connectivity index (χ3n) is 3.75. The number of nitrogens with one attached hydrogen (secondary N) is 1. The lowest BCUT2D eigenvalue weighted by atomic mass is 10.1. The predicted octanol–water partition coefficient (Wildman–Crippen LogP) is 2.40. The van der Waals surface area contributed by atoms with Gasteiger partial charge in [0.05, 0.1) is 6.61 Å². The molecule has 1 aromatic heterocycles. The van der Waals surface area contributed by atoms with Crippen LogP contribution in [0.1, 0.15) is 49.5 Å². The van der Waals surface area contributed by atoms with E-state index in [0.29, 0.717) is 18.2 Å². The second kappa shape index (κ2) is 4.79. The van der Waals surface area contributed by atoms with Crippen molar-refractivity contribution in [2.45, 2.75) is 44.6 Å². The molecule has 2 fully saturated rings. The number of hydrogen-bond acceptors (Lipinski definition) is 5. The number of anilines is 1. The quantitative estimate of drug-likeness (QED) is 0.797. The van der Waals surface area contributed by atoms with E-state index in [4.69, 9.17) is 4.74 Å². The van der Waals surface area contributed by atoms with Gasteiger partial charge in [-0.25, -0.2) is 14.8 Å². The van der Waals surface area contributed by atoms with Crippen LogP contribution >= 0.6 is 0 Å². The minimum Gasteiger partial charge on any atom is -0.461 e. The number of hydrogen-bond donors (Lipinski definition) is 1. The first-order valence-corrected chi connectivity index (χ1v) is 6.99. The Labute approximate surface area is 112 Å². The summed E-state index contributed by atoms with van der Waals surface area (Å²) in [4.78, 5) is 20.1. The van der Waals surface area contributed by atoms with Crippen LogP contribution in [0.2, 0.25) is 0 Å². The van der Waals surface area contributed by atoms with Crippen LogP contribution in [0, 0.1) is 5.92 Å². The van der Waals surface area contributed by atoms with Gasteiger partial charge in [0, 0.05) is 11.7 Å². The fourth-order valence-corrected chi connectivity index (χ4v) is 2.38. The van der Waals surface area contributed by atoms with E-state index in [2.05, 4.69) is 15.3 Å². The minimum atomic E-state index is -0.389. The molecular weight excluding hydrogens is 242 g/mol.